The van der Waals surface area contributed by atoms with Gasteiger partial charge in [-0.25, -0.2) is 13.8 Å². The lowest BCUT2D eigenvalue weighted by Crippen LogP contribution is -2.37. The molecule has 0 bridgehead atoms. The van der Waals surface area contributed by atoms with Crippen LogP contribution in [0.25, 0.3) is 11.0 Å². The number of carbonyl (C=O) groups is 1. The molecule has 1 aliphatic rings. The first-order chi connectivity index (χ1) is 15.3. The summed E-state index contributed by atoms with van der Waals surface area (Å²) in [7, 11) is 1.76. The Bertz CT molecular complexity index is 1090. The third-order valence-corrected chi connectivity index (χ3v) is 5.91. The van der Waals surface area contributed by atoms with Gasteiger partial charge in [-0.05, 0) is 23.6 Å². The summed E-state index contributed by atoms with van der Waals surface area (Å²) in [6.07, 6.45) is 1.48. The van der Waals surface area contributed by atoms with Crippen molar-refractivity contribution in [2.45, 2.75) is 26.4 Å². The van der Waals surface area contributed by atoms with E-state index in [4.69, 9.17) is 4.74 Å². The van der Waals surface area contributed by atoms with Crippen LogP contribution in [0, 0.1) is 17.6 Å². The molecule has 0 saturated carbocycles. The highest BCUT2D eigenvalue weighted by Gasteiger charge is 2.29. The largest absolute Gasteiger partial charge is 0.378 e. The van der Waals surface area contributed by atoms with Gasteiger partial charge in [0.25, 0.3) is 0 Å². The van der Waals surface area contributed by atoms with Crippen LogP contribution in [0.4, 0.5) is 14.5 Å². The van der Waals surface area contributed by atoms with Crippen LogP contribution < -0.4 is 4.90 Å². The van der Waals surface area contributed by atoms with E-state index in [0.29, 0.717) is 17.6 Å². The number of likely N-dealkylation sites (N-methyl/N-ethyl adjacent to an activating group) is 1. The van der Waals surface area contributed by atoms with E-state index in [2.05, 4.69) is 22.0 Å². The number of morpholine rings is 1. The van der Waals surface area contributed by atoms with Gasteiger partial charge in [-0.15, -0.1) is 0 Å². The van der Waals surface area contributed by atoms with Gasteiger partial charge < -0.3 is 19.1 Å². The molecular formula is C24H28F2N4O2. The van der Waals surface area contributed by atoms with Gasteiger partial charge in [0.2, 0.25) is 5.91 Å². The van der Waals surface area contributed by atoms with Crippen molar-refractivity contribution in [3.63, 3.8) is 0 Å². The first-order valence-corrected chi connectivity index (χ1v) is 10.8. The van der Waals surface area contributed by atoms with E-state index in [1.54, 1.807) is 16.5 Å². The second-order valence-corrected chi connectivity index (χ2v) is 8.56. The van der Waals surface area contributed by atoms with Crippen LogP contribution in [0.2, 0.25) is 0 Å². The lowest BCUT2D eigenvalue weighted by atomic mass is 10.0. The van der Waals surface area contributed by atoms with Gasteiger partial charge in [-0.1, -0.05) is 26.0 Å². The van der Waals surface area contributed by atoms with E-state index < -0.39 is 17.7 Å². The molecule has 0 aliphatic carbocycles. The summed E-state index contributed by atoms with van der Waals surface area (Å²) >= 11 is 0. The standard InChI is InChI=1S/C24H28F2N4O2/c1-16(2)23(30-15-27-21-12-19(25)20(26)13-22(21)30)24(31)28(3)14-17-4-6-18(7-5-17)29-8-10-32-11-9-29/h4-7,12-13,15-16,23H,8-11,14H2,1-3H3. The number of anilines is 1. The Balaban J connectivity index is 1.52. The number of fused-ring (bicyclic) bond motifs is 1. The first kappa shape index (κ1) is 22.2. The van der Waals surface area contributed by atoms with Gasteiger partial charge in [0.1, 0.15) is 6.04 Å². The van der Waals surface area contributed by atoms with Gasteiger partial charge in [0, 0.05) is 44.5 Å². The van der Waals surface area contributed by atoms with Crippen LogP contribution >= 0.6 is 0 Å². The Kier molecular flexibility index (Phi) is 6.41. The Labute approximate surface area is 186 Å². The Hall–Kier alpha value is -3.00. The minimum Gasteiger partial charge on any atom is -0.378 e. The molecule has 4 rings (SSSR count). The molecule has 1 unspecified atom stereocenters. The van der Waals surface area contributed by atoms with Crippen molar-refractivity contribution in [3.8, 4) is 0 Å². The number of amides is 1. The Morgan fingerprint density at radius 3 is 2.44 bits per heavy atom. The second kappa shape index (κ2) is 9.24. The normalized spacial score (nSPS) is 15.4. The average Bonchev–Trinajstić information content (AvgIpc) is 3.17. The fraction of sp³-hybridized carbons (Fsp3) is 0.417. The van der Waals surface area contributed by atoms with Crippen molar-refractivity contribution < 1.29 is 18.3 Å². The molecule has 32 heavy (non-hydrogen) atoms. The van der Waals surface area contributed by atoms with Gasteiger partial charge in [0.05, 0.1) is 30.6 Å². The molecule has 1 aliphatic heterocycles. The van der Waals surface area contributed by atoms with Gasteiger partial charge >= 0.3 is 0 Å². The second-order valence-electron chi connectivity index (χ2n) is 8.56. The molecule has 3 aromatic rings. The number of nitrogens with zero attached hydrogens (tertiary/aromatic N) is 4. The third kappa shape index (κ3) is 4.46. The molecule has 8 heteroatoms. The van der Waals surface area contributed by atoms with Crippen LogP contribution in [0.1, 0.15) is 25.5 Å². The summed E-state index contributed by atoms with van der Waals surface area (Å²) in [4.78, 5) is 21.5. The number of rotatable bonds is 6. The highest BCUT2D eigenvalue weighted by molar-refractivity contribution is 5.84. The van der Waals surface area contributed by atoms with Gasteiger partial charge in [-0.2, -0.15) is 0 Å². The minimum atomic E-state index is -0.956. The van der Waals surface area contributed by atoms with Crippen molar-refractivity contribution in [1.29, 1.82) is 0 Å². The number of hydrogen-bond acceptors (Lipinski definition) is 4. The molecule has 0 spiro atoms. The zero-order valence-corrected chi connectivity index (χ0v) is 18.6. The number of hydrogen-bond donors (Lipinski definition) is 0. The van der Waals surface area contributed by atoms with E-state index in [0.717, 1.165) is 49.7 Å². The third-order valence-electron chi connectivity index (χ3n) is 5.91. The van der Waals surface area contributed by atoms with E-state index in [1.165, 1.54) is 6.33 Å². The van der Waals surface area contributed by atoms with Crippen LogP contribution in [-0.4, -0.2) is 53.7 Å². The van der Waals surface area contributed by atoms with Crippen molar-refractivity contribution in [2.75, 3.05) is 38.3 Å². The number of aromatic nitrogens is 2. The molecule has 1 atom stereocenters. The summed E-state index contributed by atoms with van der Waals surface area (Å²) < 4.78 is 34.5. The maximum absolute atomic E-state index is 13.9. The summed E-state index contributed by atoms with van der Waals surface area (Å²) in [6, 6.07) is 9.78. The molecule has 1 saturated heterocycles. The summed E-state index contributed by atoms with van der Waals surface area (Å²) in [5.41, 5.74) is 2.89. The van der Waals surface area contributed by atoms with Crippen molar-refractivity contribution in [1.82, 2.24) is 14.5 Å². The highest BCUT2D eigenvalue weighted by Crippen LogP contribution is 2.27. The predicted octanol–water partition coefficient (Wildman–Crippen LogP) is 4.01. The quantitative estimate of drug-likeness (QED) is 0.579. The molecule has 1 aromatic heterocycles. The maximum atomic E-state index is 13.9. The molecular weight excluding hydrogens is 414 g/mol. The van der Waals surface area contributed by atoms with E-state index in [-0.39, 0.29) is 11.8 Å². The fourth-order valence-electron chi connectivity index (χ4n) is 4.18. The van der Waals surface area contributed by atoms with E-state index in [1.807, 2.05) is 26.0 Å². The SMILES string of the molecule is CC(C)C(C(=O)N(C)Cc1ccc(N2CCOCC2)cc1)n1cnc2cc(F)c(F)cc21. The zero-order chi connectivity index (χ0) is 22.8. The summed E-state index contributed by atoms with van der Waals surface area (Å²) in [5.74, 6) is -2.09. The van der Waals surface area contributed by atoms with Crippen LogP contribution in [-0.2, 0) is 16.1 Å². The Morgan fingerprint density at radius 1 is 1.12 bits per heavy atom. The molecule has 2 heterocycles. The predicted molar refractivity (Wildman–Crippen MR) is 119 cm³/mol. The molecule has 6 nitrogen and oxygen atoms in total. The molecule has 0 N–H and O–H groups in total. The van der Waals surface area contributed by atoms with Crippen LogP contribution in [0.3, 0.4) is 0 Å². The smallest absolute Gasteiger partial charge is 0.246 e. The van der Waals surface area contributed by atoms with E-state index >= 15 is 0 Å². The minimum absolute atomic E-state index is 0.0702. The van der Waals surface area contributed by atoms with Crippen molar-refractivity contribution in [2.24, 2.45) is 5.92 Å². The maximum Gasteiger partial charge on any atom is 0.246 e. The van der Waals surface area contributed by atoms with Crippen LogP contribution in [0.5, 0.6) is 0 Å². The highest BCUT2D eigenvalue weighted by atomic mass is 19.2. The van der Waals surface area contributed by atoms with Crippen molar-refractivity contribution >= 4 is 22.6 Å². The number of imidazole rings is 1. The molecule has 1 amide bonds. The Morgan fingerprint density at radius 2 is 1.78 bits per heavy atom. The lowest BCUT2D eigenvalue weighted by molar-refractivity contribution is -0.135. The molecule has 2 aromatic carbocycles. The average molecular weight is 443 g/mol. The first-order valence-electron chi connectivity index (χ1n) is 10.8. The number of carbonyl (C=O) groups excluding carboxylic acids is 1. The summed E-state index contributed by atoms with van der Waals surface area (Å²) in [6.45, 7) is 7.51. The number of halogens is 2. The summed E-state index contributed by atoms with van der Waals surface area (Å²) in [5, 5.41) is 0. The molecule has 170 valence electrons. The number of ether oxygens (including phenoxy) is 1. The topological polar surface area (TPSA) is 50.6 Å². The fourth-order valence-corrected chi connectivity index (χ4v) is 4.18. The van der Waals surface area contributed by atoms with E-state index in [9.17, 15) is 13.6 Å². The monoisotopic (exact) mass is 442 g/mol. The van der Waals surface area contributed by atoms with Crippen LogP contribution in [0.15, 0.2) is 42.7 Å². The lowest BCUT2D eigenvalue weighted by Gasteiger charge is -2.29. The zero-order valence-electron chi connectivity index (χ0n) is 18.6. The molecule has 0 radical (unpaired) electrons. The van der Waals surface area contributed by atoms with Gasteiger partial charge in [0.15, 0.2) is 11.6 Å². The van der Waals surface area contributed by atoms with Gasteiger partial charge in [-0.3, -0.25) is 4.79 Å². The van der Waals surface area contributed by atoms with Crippen molar-refractivity contribution in [3.05, 3.63) is 59.9 Å². The number of benzene rings is 2. The molecule has 1 fully saturated rings.